The summed E-state index contributed by atoms with van der Waals surface area (Å²) in [6.07, 6.45) is 0. The quantitative estimate of drug-likeness (QED) is 0.250. The Morgan fingerprint density at radius 3 is 2.45 bits per heavy atom. The Kier molecular flexibility index (Phi) is 4.45. The van der Waals surface area contributed by atoms with Crippen LogP contribution in [0, 0.1) is 4.91 Å². The van der Waals surface area contributed by atoms with Gasteiger partial charge in [0.25, 0.3) is 5.91 Å². The number of nitroso groups, excluding NO2 is 1. The van der Waals surface area contributed by atoms with Crippen molar-refractivity contribution < 1.29 is 9.90 Å². The number of H-pyrrole nitrogens is 2. The zero-order valence-electron chi connectivity index (χ0n) is 15.9. The lowest BCUT2D eigenvalue weighted by Crippen LogP contribution is -2.11. The molecule has 0 bridgehead atoms. The van der Waals surface area contributed by atoms with Gasteiger partial charge in [0.1, 0.15) is 5.69 Å². The van der Waals surface area contributed by atoms with Crippen molar-refractivity contribution in [2.75, 3.05) is 5.32 Å². The van der Waals surface area contributed by atoms with Gasteiger partial charge in [-0.3, -0.25) is 4.79 Å². The summed E-state index contributed by atoms with van der Waals surface area (Å²) in [6.45, 7) is 0. The summed E-state index contributed by atoms with van der Waals surface area (Å²) < 4.78 is 0. The van der Waals surface area contributed by atoms with E-state index in [1.807, 2.05) is 18.2 Å². The van der Waals surface area contributed by atoms with Crippen LogP contribution in [-0.2, 0) is 0 Å². The van der Waals surface area contributed by atoms with Gasteiger partial charge in [-0.15, -0.1) is 4.91 Å². The zero-order chi connectivity index (χ0) is 21.5. The van der Waals surface area contributed by atoms with Gasteiger partial charge in [-0.2, -0.15) is 0 Å². The van der Waals surface area contributed by atoms with Gasteiger partial charge < -0.3 is 20.4 Å². The monoisotopic (exact) mass is 430 g/mol. The smallest absolute Gasteiger partial charge is 0.255 e. The van der Waals surface area contributed by atoms with Crippen LogP contribution >= 0.6 is 11.6 Å². The molecule has 0 atom stereocenters. The van der Waals surface area contributed by atoms with Crippen LogP contribution in [-0.4, -0.2) is 21.0 Å². The Labute approximate surface area is 180 Å². The lowest BCUT2D eigenvalue weighted by atomic mass is 10.1. The first-order valence-electron chi connectivity index (χ1n) is 9.41. The molecule has 0 aliphatic carbocycles. The zero-order valence-corrected chi connectivity index (χ0v) is 16.7. The number of nitrogens with zero attached hydrogens (tertiary/aromatic N) is 1. The number of anilines is 1. The fourth-order valence-corrected chi connectivity index (χ4v) is 3.84. The summed E-state index contributed by atoms with van der Waals surface area (Å²) in [5, 5.41) is 18.5. The average Bonchev–Trinajstić information content (AvgIpc) is 3.29. The van der Waals surface area contributed by atoms with Crippen molar-refractivity contribution in [3.05, 3.63) is 82.2 Å². The van der Waals surface area contributed by atoms with Gasteiger partial charge >= 0.3 is 0 Å². The molecule has 0 saturated heterocycles. The third kappa shape index (κ3) is 3.21. The van der Waals surface area contributed by atoms with Crippen LogP contribution in [0.25, 0.3) is 33.1 Å². The van der Waals surface area contributed by atoms with E-state index >= 15 is 0 Å². The van der Waals surface area contributed by atoms with Crippen molar-refractivity contribution in [2.24, 2.45) is 5.18 Å². The lowest BCUT2D eigenvalue weighted by Gasteiger charge is -2.06. The van der Waals surface area contributed by atoms with Crippen LogP contribution < -0.4 is 5.32 Å². The van der Waals surface area contributed by atoms with Crippen LogP contribution in [0.3, 0.4) is 0 Å². The maximum atomic E-state index is 12.6. The van der Waals surface area contributed by atoms with E-state index in [1.165, 1.54) is 0 Å². The number of carbonyl (C=O) groups excluding carboxylic acids is 1. The van der Waals surface area contributed by atoms with Crippen LogP contribution in [0.1, 0.15) is 10.4 Å². The number of fused-ring (bicyclic) bond motifs is 2. The van der Waals surface area contributed by atoms with Crippen molar-refractivity contribution in [1.29, 1.82) is 0 Å². The topological polar surface area (TPSA) is 110 Å². The number of carbonyl (C=O) groups is 1. The molecule has 2 aromatic heterocycles. The molecule has 7 nitrogen and oxygen atoms in total. The minimum atomic E-state index is -0.293. The molecule has 0 radical (unpaired) electrons. The second-order valence-corrected chi connectivity index (χ2v) is 7.49. The number of amides is 1. The van der Waals surface area contributed by atoms with Gasteiger partial charge in [0.2, 0.25) is 0 Å². The Hall–Kier alpha value is -4.10. The lowest BCUT2D eigenvalue weighted by molar-refractivity contribution is 0.102. The molecule has 8 heteroatoms. The van der Waals surface area contributed by atoms with E-state index in [4.69, 9.17) is 11.6 Å². The normalized spacial score (nSPS) is 11.1. The first-order chi connectivity index (χ1) is 15.0. The molecule has 1 amide bonds. The third-order valence-corrected chi connectivity index (χ3v) is 5.41. The number of para-hydroxylation sites is 1. The summed E-state index contributed by atoms with van der Waals surface area (Å²) in [6, 6.07) is 19.0. The van der Waals surface area contributed by atoms with Crippen molar-refractivity contribution in [1.82, 2.24) is 9.97 Å². The Morgan fingerprint density at radius 1 is 0.935 bits per heavy atom. The molecule has 5 aromatic rings. The summed E-state index contributed by atoms with van der Waals surface area (Å²) in [4.78, 5) is 30.2. The molecule has 3 aromatic carbocycles. The number of benzene rings is 3. The molecule has 2 heterocycles. The fraction of sp³-hybridized carbons (Fsp3) is 0. The first kappa shape index (κ1) is 18.9. The predicted octanol–water partition coefficient (Wildman–Crippen LogP) is 6.33. The maximum Gasteiger partial charge on any atom is 0.255 e. The average molecular weight is 431 g/mol. The highest BCUT2D eigenvalue weighted by molar-refractivity contribution is 6.30. The van der Waals surface area contributed by atoms with E-state index in [2.05, 4.69) is 20.5 Å². The van der Waals surface area contributed by atoms with E-state index in [0.29, 0.717) is 43.8 Å². The maximum absolute atomic E-state index is 12.6. The Bertz CT molecular complexity index is 1470. The molecule has 0 saturated carbocycles. The second kappa shape index (κ2) is 7.30. The standard InChI is InChI=1S/C23H15ClN4O3/c24-13-7-5-12(6-8-13)22(29)25-14-9-10-18-16(11-14)19(23(30)27-18)21-20(28-31)15-3-1-2-4-17(15)26-21/h1-11,26-27,30H,(H,25,29). The van der Waals surface area contributed by atoms with Gasteiger partial charge in [-0.25, -0.2) is 0 Å². The van der Waals surface area contributed by atoms with Crippen molar-refractivity contribution >= 4 is 50.7 Å². The van der Waals surface area contributed by atoms with Crippen molar-refractivity contribution in [3.63, 3.8) is 0 Å². The van der Waals surface area contributed by atoms with Crippen LogP contribution in [0.15, 0.2) is 71.9 Å². The highest BCUT2D eigenvalue weighted by atomic mass is 35.5. The Morgan fingerprint density at radius 2 is 1.68 bits per heavy atom. The first-order valence-corrected chi connectivity index (χ1v) is 9.79. The molecule has 0 aliphatic rings. The molecular weight excluding hydrogens is 416 g/mol. The Balaban J connectivity index is 1.60. The molecule has 31 heavy (non-hydrogen) atoms. The highest BCUT2D eigenvalue weighted by Gasteiger charge is 2.21. The van der Waals surface area contributed by atoms with Gasteiger partial charge in [0.05, 0.1) is 11.3 Å². The second-order valence-electron chi connectivity index (χ2n) is 7.06. The SMILES string of the molecule is O=Nc1c(-c2c(O)[nH]c3ccc(NC(=O)c4ccc(Cl)cc4)cc23)[nH]c2ccccc12. The molecule has 4 N–H and O–H groups in total. The molecule has 0 spiro atoms. The molecule has 152 valence electrons. The minimum Gasteiger partial charge on any atom is -0.494 e. The van der Waals surface area contributed by atoms with E-state index < -0.39 is 0 Å². The molecule has 0 fully saturated rings. The minimum absolute atomic E-state index is 0.104. The fourth-order valence-electron chi connectivity index (χ4n) is 3.72. The van der Waals surface area contributed by atoms with Gasteiger partial charge in [0.15, 0.2) is 5.88 Å². The van der Waals surface area contributed by atoms with E-state index in [9.17, 15) is 14.8 Å². The van der Waals surface area contributed by atoms with Gasteiger partial charge in [-0.1, -0.05) is 29.8 Å². The summed E-state index contributed by atoms with van der Waals surface area (Å²) in [7, 11) is 0. The number of nitrogens with one attached hydrogen (secondary N) is 3. The molecule has 5 rings (SSSR count). The summed E-state index contributed by atoms with van der Waals surface area (Å²) in [5.74, 6) is -0.397. The van der Waals surface area contributed by atoms with Crippen LogP contribution in [0.4, 0.5) is 11.4 Å². The number of aromatic amines is 2. The predicted molar refractivity (Wildman–Crippen MR) is 122 cm³/mol. The van der Waals surface area contributed by atoms with E-state index in [0.717, 1.165) is 5.52 Å². The molecule has 0 aliphatic heterocycles. The number of halogens is 1. The highest BCUT2D eigenvalue weighted by Crippen LogP contribution is 2.44. The summed E-state index contributed by atoms with van der Waals surface area (Å²) >= 11 is 5.88. The van der Waals surface area contributed by atoms with Gasteiger partial charge in [-0.05, 0) is 53.7 Å². The van der Waals surface area contributed by atoms with Crippen LogP contribution in [0.5, 0.6) is 5.88 Å². The van der Waals surface area contributed by atoms with Crippen molar-refractivity contribution in [3.8, 4) is 17.1 Å². The molecular formula is C23H15ClN4O3. The number of rotatable bonds is 4. The number of hydrogen-bond acceptors (Lipinski definition) is 4. The molecule has 0 unspecified atom stereocenters. The number of aromatic nitrogens is 2. The van der Waals surface area contributed by atoms with E-state index in [-0.39, 0.29) is 17.5 Å². The summed E-state index contributed by atoms with van der Waals surface area (Å²) in [5.41, 5.74) is 3.39. The van der Waals surface area contributed by atoms with E-state index in [1.54, 1.807) is 48.5 Å². The number of aromatic hydroxyl groups is 1. The largest absolute Gasteiger partial charge is 0.494 e. The van der Waals surface area contributed by atoms with Gasteiger partial charge in [0, 0.05) is 38.1 Å². The van der Waals surface area contributed by atoms with Crippen molar-refractivity contribution in [2.45, 2.75) is 0 Å². The third-order valence-electron chi connectivity index (χ3n) is 5.16. The number of hydrogen-bond donors (Lipinski definition) is 4. The van der Waals surface area contributed by atoms with Crippen LogP contribution in [0.2, 0.25) is 5.02 Å².